The van der Waals surface area contributed by atoms with E-state index in [0.717, 1.165) is 29.6 Å². The average molecular weight is 349 g/mol. The van der Waals surface area contributed by atoms with Crippen LogP contribution in [-0.2, 0) is 12.8 Å². The van der Waals surface area contributed by atoms with Crippen LogP contribution in [0.25, 0.3) is 43.8 Å². The van der Waals surface area contributed by atoms with Crippen molar-refractivity contribution in [1.29, 1.82) is 0 Å². The fourth-order valence-electron chi connectivity index (χ4n) is 4.62. The molecule has 1 aliphatic carbocycles. The van der Waals surface area contributed by atoms with E-state index in [1.807, 2.05) is 6.20 Å². The lowest BCUT2D eigenvalue weighted by Gasteiger charge is -2.22. The molecule has 3 aromatic carbocycles. The highest BCUT2D eigenvalue weighted by Crippen LogP contribution is 2.38. The average Bonchev–Trinajstić information content (AvgIpc) is 3.21. The van der Waals surface area contributed by atoms with E-state index >= 15 is 0 Å². The summed E-state index contributed by atoms with van der Waals surface area (Å²) in [7, 11) is 0. The van der Waals surface area contributed by atoms with Crippen LogP contribution in [0.5, 0.6) is 0 Å². The fourth-order valence-corrected chi connectivity index (χ4v) is 4.62. The van der Waals surface area contributed by atoms with Gasteiger partial charge in [-0.05, 0) is 65.8 Å². The molecule has 2 aromatic heterocycles. The Morgan fingerprint density at radius 2 is 1.67 bits per heavy atom. The van der Waals surface area contributed by atoms with Gasteiger partial charge in [0.15, 0.2) is 0 Å². The summed E-state index contributed by atoms with van der Waals surface area (Å²) in [5, 5.41) is 12.4. The second kappa shape index (κ2) is 5.65. The Balaban J connectivity index is 1.70. The summed E-state index contributed by atoms with van der Waals surface area (Å²) in [4.78, 5) is 5.15. The molecule has 0 unspecified atom stereocenters. The molecule has 0 spiro atoms. The van der Waals surface area contributed by atoms with Crippen LogP contribution >= 0.6 is 0 Å². The second-order valence-corrected chi connectivity index (χ2v) is 7.48. The second-order valence-electron chi connectivity index (χ2n) is 7.48. The third kappa shape index (κ3) is 2.21. The molecular weight excluding hydrogens is 330 g/mol. The van der Waals surface area contributed by atoms with Crippen molar-refractivity contribution in [1.82, 2.24) is 15.2 Å². The normalized spacial score (nSPS) is 14.1. The Hall–Kier alpha value is -3.20. The van der Waals surface area contributed by atoms with E-state index in [9.17, 15) is 0 Å². The number of aryl methyl sites for hydroxylation is 1. The van der Waals surface area contributed by atoms with Crippen LogP contribution < -0.4 is 0 Å². The SMILES string of the molecule is c1ccc2cc(-c3nc4ccc5[nH]ncc5c4c4c3CCCC4)ccc2c1. The molecule has 0 amide bonds. The van der Waals surface area contributed by atoms with Gasteiger partial charge < -0.3 is 0 Å². The zero-order valence-corrected chi connectivity index (χ0v) is 15.0. The number of benzene rings is 3. The number of hydrogen-bond acceptors (Lipinski definition) is 2. The topological polar surface area (TPSA) is 41.6 Å². The number of aromatic amines is 1. The fraction of sp³-hybridized carbons (Fsp3) is 0.167. The van der Waals surface area contributed by atoms with Gasteiger partial charge in [-0.1, -0.05) is 36.4 Å². The highest BCUT2D eigenvalue weighted by molar-refractivity contribution is 6.07. The number of rotatable bonds is 1. The van der Waals surface area contributed by atoms with E-state index in [-0.39, 0.29) is 0 Å². The summed E-state index contributed by atoms with van der Waals surface area (Å²) in [5.41, 5.74) is 7.45. The third-order valence-corrected chi connectivity index (χ3v) is 5.91. The molecule has 27 heavy (non-hydrogen) atoms. The molecule has 0 atom stereocenters. The molecule has 2 heterocycles. The zero-order chi connectivity index (χ0) is 17.8. The maximum atomic E-state index is 5.15. The smallest absolute Gasteiger partial charge is 0.0744 e. The molecule has 3 nitrogen and oxygen atoms in total. The van der Waals surface area contributed by atoms with Crippen LogP contribution in [-0.4, -0.2) is 15.2 Å². The Kier molecular flexibility index (Phi) is 3.12. The van der Waals surface area contributed by atoms with Crippen molar-refractivity contribution in [2.45, 2.75) is 25.7 Å². The first kappa shape index (κ1) is 14.9. The van der Waals surface area contributed by atoms with E-state index in [1.54, 1.807) is 0 Å². The monoisotopic (exact) mass is 349 g/mol. The summed E-state index contributed by atoms with van der Waals surface area (Å²) in [6.45, 7) is 0. The van der Waals surface area contributed by atoms with Crippen molar-refractivity contribution >= 4 is 32.6 Å². The third-order valence-electron chi connectivity index (χ3n) is 5.91. The van der Waals surface area contributed by atoms with Crippen molar-refractivity contribution in [2.75, 3.05) is 0 Å². The highest BCUT2D eigenvalue weighted by atomic mass is 15.1. The Labute approximate surface area is 157 Å². The Morgan fingerprint density at radius 3 is 2.59 bits per heavy atom. The summed E-state index contributed by atoms with van der Waals surface area (Å²) >= 11 is 0. The minimum Gasteiger partial charge on any atom is -0.278 e. The van der Waals surface area contributed by atoms with Crippen molar-refractivity contribution in [3.63, 3.8) is 0 Å². The molecule has 5 aromatic rings. The summed E-state index contributed by atoms with van der Waals surface area (Å²) in [5.74, 6) is 0. The lowest BCUT2D eigenvalue weighted by Crippen LogP contribution is -2.07. The molecule has 3 heteroatoms. The van der Waals surface area contributed by atoms with E-state index in [1.165, 1.54) is 51.1 Å². The largest absolute Gasteiger partial charge is 0.278 e. The predicted octanol–water partition coefficient (Wildman–Crippen LogP) is 5.81. The standard InChI is InChI=1S/C24H19N3/c1-2-6-16-13-17(10-9-15(16)5-1)24-19-8-4-3-7-18(19)23-20-14-25-27-21(20)11-12-22(23)26-24/h1-2,5-6,9-14H,3-4,7-8H2,(H,25,27). The van der Waals surface area contributed by atoms with Crippen LogP contribution in [0, 0.1) is 0 Å². The van der Waals surface area contributed by atoms with Gasteiger partial charge in [-0.15, -0.1) is 0 Å². The van der Waals surface area contributed by atoms with Crippen LogP contribution in [0.3, 0.4) is 0 Å². The molecule has 0 radical (unpaired) electrons. The number of pyridine rings is 1. The maximum absolute atomic E-state index is 5.15. The van der Waals surface area contributed by atoms with E-state index in [4.69, 9.17) is 4.98 Å². The molecule has 130 valence electrons. The van der Waals surface area contributed by atoms with E-state index in [2.05, 4.69) is 64.8 Å². The van der Waals surface area contributed by atoms with Gasteiger partial charge >= 0.3 is 0 Å². The van der Waals surface area contributed by atoms with Crippen molar-refractivity contribution in [3.8, 4) is 11.3 Å². The molecule has 0 saturated carbocycles. The molecule has 0 bridgehead atoms. The van der Waals surface area contributed by atoms with Gasteiger partial charge in [-0.2, -0.15) is 5.10 Å². The lowest BCUT2D eigenvalue weighted by atomic mass is 9.85. The van der Waals surface area contributed by atoms with E-state index in [0.29, 0.717) is 0 Å². The Morgan fingerprint density at radius 1 is 0.815 bits per heavy atom. The predicted molar refractivity (Wildman–Crippen MR) is 111 cm³/mol. The molecule has 0 aliphatic heterocycles. The van der Waals surface area contributed by atoms with Gasteiger partial charge in [0.25, 0.3) is 0 Å². The van der Waals surface area contributed by atoms with Gasteiger partial charge in [0.05, 0.1) is 22.9 Å². The quantitative estimate of drug-likeness (QED) is 0.415. The zero-order valence-electron chi connectivity index (χ0n) is 15.0. The van der Waals surface area contributed by atoms with Crippen molar-refractivity contribution < 1.29 is 0 Å². The van der Waals surface area contributed by atoms with Crippen LogP contribution in [0.1, 0.15) is 24.0 Å². The van der Waals surface area contributed by atoms with Gasteiger partial charge in [0.1, 0.15) is 0 Å². The molecule has 0 fully saturated rings. The number of aromatic nitrogens is 3. The summed E-state index contributed by atoms with van der Waals surface area (Å²) in [6, 6.07) is 19.5. The molecular formula is C24H19N3. The molecule has 1 aliphatic rings. The number of H-pyrrole nitrogens is 1. The lowest BCUT2D eigenvalue weighted by molar-refractivity contribution is 0.689. The highest BCUT2D eigenvalue weighted by Gasteiger charge is 2.21. The summed E-state index contributed by atoms with van der Waals surface area (Å²) < 4.78 is 0. The van der Waals surface area contributed by atoms with E-state index < -0.39 is 0 Å². The van der Waals surface area contributed by atoms with Gasteiger partial charge in [-0.25, -0.2) is 4.98 Å². The molecule has 1 N–H and O–H groups in total. The first-order valence-corrected chi connectivity index (χ1v) is 9.65. The number of hydrogen-bond donors (Lipinski definition) is 1. The number of nitrogens with zero attached hydrogens (tertiary/aromatic N) is 2. The van der Waals surface area contributed by atoms with Gasteiger partial charge in [0.2, 0.25) is 0 Å². The van der Waals surface area contributed by atoms with Gasteiger partial charge in [-0.3, -0.25) is 5.10 Å². The summed E-state index contributed by atoms with van der Waals surface area (Å²) in [6.07, 6.45) is 6.66. The van der Waals surface area contributed by atoms with Crippen LogP contribution in [0.2, 0.25) is 0 Å². The first-order valence-electron chi connectivity index (χ1n) is 9.65. The number of nitrogens with one attached hydrogen (secondary N) is 1. The number of fused-ring (bicyclic) bond motifs is 6. The van der Waals surface area contributed by atoms with Crippen LogP contribution in [0.15, 0.2) is 60.8 Å². The first-order chi connectivity index (χ1) is 13.4. The maximum Gasteiger partial charge on any atom is 0.0744 e. The minimum atomic E-state index is 1.08. The molecule has 6 rings (SSSR count). The van der Waals surface area contributed by atoms with Gasteiger partial charge in [0, 0.05) is 16.3 Å². The Bertz CT molecular complexity index is 1330. The molecule has 0 saturated heterocycles. The van der Waals surface area contributed by atoms with Crippen LogP contribution in [0.4, 0.5) is 0 Å². The minimum absolute atomic E-state index is 1.08. The van der Waals surface area contributed by atoms with Crippen molar-refractivity contribution in [2.24, 2.45) is 0 Å². The van der Waals surface area contributed by atoms with Crippen molar-refractivity contribution in [3.05, 3.63) is 71.9 Å².